The van der Waals surface area contributed by atoms with Crippen LogP contribution < -0.4 is 5.32 Å². The summed E-state index contributed by atoms with van der Waals surface area (Å²) in [6, 6.07) is 8.29. The topological polar surface area (TPSA) is 38.3 Å². The van der Waals surface area contributed by atoms with Crippen LogP contribution in [0.2, 0.25) is 0 Å². The molecule has 1 aromatic carbocycles. The van der Waals surface area contributed by atoms with E-state index in [0.717, 1.165) is 18.4 Å². The quantitative estimate of drug-likeness (QED) is 0.848. The fraction of sp³-hybridized carbons (Fsp3) is 0.562. The van der Waals surface area contributed by atoms with Crippen molar-refractivity contribution in [1.29, 1.82) is 0 Å². The second-order valence-corrected chi connectivity index (χ2v) is 5.74. The smallest absolute Gasteiger partial charge is 0.337 e. The van der Waals surface area contributed by atoms with Gasteiger partial charge < -0.3 is 10.1 Å². The average molecular weight is 259 g/mol. The fourth-order valence-electron chi connectivity index (χ4n) is 3.17. The van der Waals surface area contributed by atoms with Gasteiger partial charge in [0.05, 0.1) is 12.7 Å². The zero-order chi connectivity index (χ0) is 13.2. The summed E-state index contributed by atoms with van der Waals surface area (Å²) >= 11 is 0. The molecular formula is C16H21NO2. The van der Waals surface area contributed by atoms with Crippen molar-refractivity contribution >= 4 is 5.97 Å². The molecule has 3 nitrogen and oxygen atoms in total. The zero-order valence-corrected chi connectivity index (χ0v) is 11.4. The Kier molecular flexibility index (Phi) is 3.56. The van der Waals surface area contributed by atoms with Crippen LogP contribution in [-0.2, 0) is 4.74 Å². The highest BCUT2D eigenvalue weighted by atomic mass is 16.5. The highest BCUT2D eigenvalue weighted by Crippen LogP contribution is 2.44. The highest BCUT2D eigenvalue weighted by molar-refractivity contribution is 5.89. The molecule has 1 aliphatic heterocycles. The third-order valence-corrected chi connectivity index (χ3v) is 4.47. The molecule has 0 bridgehead atoms. The molecule has 1 saturated heterocycles. The zero-order valence-electron chi connectivity index (χ0n) is 11.4. The summed E-state index contributed by atoms with van der Waals surface area (Å²) in [6.45, 7) is 1.12. The van der Waals surface area contributed by atoms with Crippen molar-refractivity contribution in [2.45, 2.75) is 31.7 Å². The van der Waals surface area contributed by atoms with Gasteiger partial charge in [-0.2, -0.15) is 0 Å². The van der Waals surface area contributed by atoms with Gasteiger partial charge in [0.25, 0.3) is 0 Å². The van der Waals surface area contributed by atoms with Crippen molar-refractivity contribution in [3.63, 3.8) is 0 Å². The summed E-state index contributed by atoms with van der Waals surface area (Å²) in [7, 11) is 1.42. The molecule has 2 atom stereocenters. The molecule has 102 valence electrons. The minimum atomic E-state index is -0.265. The second kappa shape index (κ2) is 5.33. The Hall–Kier alpha value is -1.35. The number of methoxy groups -OCH3 is 1. The number of ether oxygens (including phenoxy) is 1. The minimum absolute atomic E-state index is 0.265. The van der Waals surface area contributed by atoms with E-state index >= 15 is 0 Å². The lowest BCUT2D eigenvalue weighted by Crippen LogP contribution is -2.32. The molecule has 2 aliphatic rings. The van der Waals surface area contributed by atoms with E-state index in [1.165, 1.54) is 38.4 Å². The normalized spacial score (nSPS) is 27.0. The predicted octanol–water partition coefficient (Wildman–Crippen LogP) is 2.92. The molecule has 3 heteroatoms. The van der Waals surface area contributed by atoms with E-state index in [4.69, 9.17) is 4.74 Å². The number of carbonyl (C=O) groups excluding carboxylic acids is 1. The summed E-state index contributed by atoms with van der Waals surface area (Å²) in [5.74, 6) is 1.62. The number of hydrogen-bond donors (Lipinski definition) is 1. The fourth-order valence-corrected chi connectivity index (χ4v) is 3.17. The largest absolute Gasteiger partial charge is 0.465 e. The molecule has 1 saturated carbocycles. The van der Waals surface area contributed by atoms with Gasteiger partial charge in [-0.25, -0.2) is 4.79 Å². The number of rotatable bonds is 3. The van der Waals surface area contributed by atoms with Gasteiger partial charge in [0.1, 0.15) is 0 Å². The highest BCUT2D eigenvalue weighted by Gasteiger charge is 2.34. The summed E-state index contributed by atoms with van der Waals surface area (Å²) < 4.78 is 4.72. The first-order valence-electron chi connectivity index (χ1n) is 7.19. The van der Waals surface area contributed by atoms with Crippen molar-refractivity contribution in [3.05, 3.63) is 35.4 Å². The molecule has 1 heterocycles. The van der Waals surface area contributed by atoms with Gasteiger partial charge >= 0.3 is 5.97 Å². The van der Waals surface area contributed by atoms with E-state index in [0.29, 0.717) is 11.6 Å². The first-order chi connectivity index (χ1) is 9.28. The predicted molar refractivity (Wildman–Crippen MR) is 74.0 cm³/mol. The maximum Gasteiger partial charge on any atom is 0.337 e. The van der Waals surface area contributed by atoms with Crippen LogP contribution >= 0.6 is 0 Å². The van der Waals surface area contributed by atoms with Crippen LogP contribution in [0.25, 0.3) is 0 Å². The molecule has 0 spiro atoms. The number of nitrogens with one attached hydrogen (secondary N) is 1. The standard InChI is InChI=1S/C16H21NO2/c1-19-16(18)13-6-4-12(5-7-13)15-10-14(8-9-17-15)11-2-3-11/h4-7,11,14-15,17H,2-3,8-10H2,1H3. The third kappa shape index (κ3) is 2.81. The van der Waals surface area contributed by atoms with Crippen molar-refractivity contribution in [3.8, 4) is 0 Å². The monoisotopic (exact) mass is 259 g/mol. The summed E-state index contributed by atoms with van der Waals surface area (Å²) in [5.41, 5.74) is 1.92. The van der Waals surface area contributed by atoms with E-state index < -0.39 is 0 Å². The lowest BCUT2D eigenvalue weighted by atomic mass is 9.85. The molecule has 19 heavy (non-hydrogen) atoms. The summed E-state index contributed by atoms with van der Waals surface area (Å²) in [4.78, 5) is 11.4. The second-order valence-electron chi connectivity index (χ2n) is 5.74. The Bertz CT molecular complexity index is 450. The lowest BCUT2D eigenvalue weighted by molar-refractivity contribution is 0.0600. The number of piperidine rings is 1. The third-order valence-electron chi connectivity index (χ3n) is 4.47. The molecular weight excluding hydrogens is 238 g/mol. The van der Waals surface area contributed by atoms with Crippen molar-refractivity contribution < 1.29 is 9.53 Å². The Morgan fingerprint density at radius 2 is 1.89 bits per heavy atom. The van der Waals surface area contributed by atoms with E-state index in [1.807, 2.05) is 12.1 Å². The molecule has 0 amide bonds. The molecule has 2 unspecified atom stereocenters. The van der Waals surface area contributed by atoms with Crippen LogP contribution in [-0.4, -0.2) is 19.6 Å². The first kappa shape index (κ1) is 12.7. The molecule has 0 aromatic heterocycles. The SMILES string of the molecule is COC(=O)c1ccc(C2CC(C3CC3)CCN2)cc1. The Labute approximate surface area is 114 Å². The average Bonchev–Trinajstić information content (AvgIpc) is 3.31. The molecule has 1 N–H and O–H groups in total. The van der Waals surface area contributed by atoms with E-state index in [9.17, 15) is 4.79 Å². The molecule has 2 fully saturated rings. The van der Waals surface area contributed by atoms with Gasteiger partial charge in [0.15, 0.2) is 0 Å². The summed E-state index contributed by atoms with van der Waals surface area (Å²) in [6.07, 6.45) is 5.42. The van der Waals surface area contributed by atoms with E-state index in [1.54, 1.807) is 0 Å². The van der Waals surface area contributed by atoms with Crippen molar-refractivity contribution in [1.82, 2.24) is 5.32 Å². The van der Waals surface area contributed by atoms with E-state index in [2.05, 4.69) is 17.4 Å². The summed E-state index contributed by atoms with van der Waals surface area (Å²) in [5, 5.41) is 3.59. The van der Waals surface area contributed by atoms with Crippen molar-refractivity contribution in [2.75, 3.05) is 13.7 Å². The van der Waals surface area contributed by atoms with Crippen LogP contribution in [0.4, 0.5) is 0 Å². The van der Waals surface area contributed by atoms with Gasteiger partial charge in [-0.15, -0.1) is 0 Å². The van der Waals surface area contributed by atoms with Crippen LogP contribution in [0.3, 0.4) is 0 Å². The van der Waals surface area contributed by atoms with Gasteiger partial charge in [0.2, 0.25) is 0 Å². The first-order valence-corrected chi connectivity index (χ1v) is 7.19. The maximum absolute atomic E-state index is 11.4. The molecule has 1 aliphatic carbocycles. The Morgan fingerprint density at radius 3 is 2.53 bits per heavy atom. The van der Waals surface area contributed by atoms with Crippen LogP contribution in [0.1, 0.15) is 47.6 Å². The Balaban J connectivity index is 1.69. The van der Waals surface area contributed by atoms with Crippen LogP contribution in [0.15, 0.2) is 24.3 Å². The Morgan fingerprint density at radius 1 is 1.16 bits per heavy atom. The number of carbonyl (C=O) groups is 1. The minimum Gasteiger partial charge on any atom is -0.465 e. The van der Waals surface area contributed by atoms with Crippen LogP contribution in [0, 0.1) is 11.8 Å². The number of benzene rings is 1. The van der Waals surface area contributed by atoms with Gasteiger partial charge in [-0.1, -0.05) is 12.1 Å². The molecule has 1 aromatic rings. The van der Waals surface area contributed by atoms with Gasteiger partial charge in [-0.3, -0.25) is 0 Å². The van der Waals surface area contributed by atoms with Gasteiger partial charge in [0, 0.05) is 6.04 Å². The van der Waals surface area contributed by atoms with Crippen LogP contribution in [0.5, 0.6) is 0 Å². The van der Waals surface area contributed by atoms with E-state index in [-0.39, 0.29) is 5.97 Å². The molecule has 3 rings (SSSR count). The number of hydrogen-bond acceptors (Lipinski definition) is 3. The maximum atomic E-state index is 11.4. The van der Waals surface area contributed by atoms with Gasteiger partial charge in [-0.05, 0) is 61.8 Å². The lowest BCUT2D eigenvalue weighted by Gasteiger charge is -2.30. The van der Waals surface area contributed by atoms with Crippen molar-refractivity contribution in [2.24, 2.45) is 11.8 Å². The molecule has 0 radical (unpaired) electrons. The number of esters is 1.